The Bertz CT molecular complexity index is 633. The van der Waals surface area contributed by atoms with Gasteiger partial charge in [-0.1, -0.05) is 12.1 Å². The minimum absolute atomic E-state index is 0.149. The van der Waals surface area contributed by atoms with Gasteiger partial charge < -0.3 is 0 Å². The molecule has 1 saturated heterocycles. The Balaban J connectivity index is 1.51. The maximum Gasteiger partial charge on any atom is 0.123 e. The van der Waals surface area contributed by atoms with E-state index < -0.39 is 0 Å². The van der Waals surface area contributed by atoms with Crippen LogP contribution in [0.4, 0.5) is 4.39 Å². The van der Waals surface area contributed by atoms with Gasteiger partial charge >= 0.3 is 0 Å². The molecule has 2 heterocycles. The van der Waals surface area contributed by atoms with Crippen LogP contribution in [0.5, 0.6) is 0 Å². The Labute approximate surface area is 138 Å². The Morgan fingerprint density at radius 1 is 1.26 bits per heavy atom. The lowest BCUT2D eigenvalue weighted by atomic mass is 9.91. The van der Waals surface area contributed by atoms with E-state index >= 15 is 0 Å². The second-order valence-electron chi connectivity index (χ2n) is 6.82. The van der Waals surface area contributed by atoms with Gasteiger partial charge in [0.25, 0.3) is 0 Å². The number of piperidine rings is 1. The van der Waals surface area contributed by atoms with Gasteiger partial charge in [-0.3, -0.25) is 9.58 Å². The summed E-state index contributed by atoms with van der Waals surface area (Å²) in [5.41, 5.74) is 3.72. The van der Waals surface area contributed by atoms with E-state index in [1.807, 2.05) is 23.9 Å². The van der Waals surface area contributed by atoms with E-state index in [1.165, 1.54) is 36.9 Å². The van der Waals surface area contributed by atoms with E-state index in [9.17, 15) is 4.39 Å². The molecular weight excluding hydrogens is 289 g/mol. The summed E-state index contributed by atoms with van der Waals surface area (Å²) in [6, 6.07) is 6.95. The van der Waals surface area contributed by atoms with Crippen LogP contribution in [0.25, 0.3) is 0 Å². The highest BCUT2D eigenvalue weighted by Gasteiger charge is 2.20. The van der Waals surface area contributed by atoms with Crippen molar-refractivity contribution in [3.63, 3.8) is 0 Å². The van der Waals surface area contributed by atoms with Gasteiger partial charge in [0.1, 0.15) is 5.82 Å². The van der Waals surface area contributed by atoms with E-state index in [2.05, 4.69) is 23.1 Å². The second-order valence-corrected chi connectivity index (χ2v) is 6.82. The molecule has 0 saturated carbocycles. The predicted molar refractivity (Wildman–Crippen MR) is 90.7 cm³/mol. The molecule has 0 spiro atoms. The average Bonchev–Trinajstić information content (AvgIpc) is 2.85. The van der Waals surface area contributed by atoms with Crippen molar-refractivity contribution in [3.8, 4) is 0 Å². The highest BCUT2D eigenvalue weighted by Crippen LogP contribution is 2.23. The van der Waals surface area contributed by atoms with Gasteiger partial charge in [0.15, 0.2) is 0 Å². The molecule has 0 bridgehead atoms. The standard InChI is InChI=1S/C19H26FN3/c1-15-18(13-22(2)21-15)14-23-11-3-4-17(12-23)6-5-16-7-9-19(20)10-8-16/h7-10,13,17H,3-6,11-12,14H2,1-2H3. The first-order chi connectivity index (χ1) is 11.1. The predicted octanol–water partition coefficient (Wildman–Crippen LogP) is 3.71. The minimum atomic E-state index is -0.149. The van der Waals surface area contributed by atoms with Crippen LogP contribution in [0.1, 0.15) is 36.1 Å². The van der Waals surface area contributed by atoms with Crippen molar-refractivity contribution in [2.24, 2.45) is 13.0 Å². The van der Waals surface area contributed by atoms with Crippen LogP contribution in [0.2, 0.25) is 0 Å². The van der Waals surface area contributed by atoms with Crippen LogP contribution in [0, 0.1) is 18.7 Å². The number of rotatable bonds is 5. The third-order valence-electron chi connectivity index (χ3n) is 4.87. The quantitative estimate of drug-likeness (QED) is 0.838. The van der Waals surface area contributed by atoms with Gasteiger partial charge in [-0.15, -0.1) is 0 Å². The fourth-order valence-electron chi connectivity index (χ4n) is 3.60. The summed E-state index contributed by atoms with van der Waals surface area (Å²) >= 11 is 0. The maximum absolute atomic E-state index is 13.0. The Morgan fingerprint density at radius 3 is 2.74 bits per heavy atom. The van der Waals surface area contributed by atoms with Gasteiger partial charge in [-0.05, 0) is 62.8 Å². The van der Waals surface area contributed by atoms with Crippen LogP contribution < -0.4 is 0 Å². The van der Waals surface area contributed by atoms with Crippen molar-refractivity contribution < 1.29 is 4.39 Å². The third-order valence-corrected chi connectivity index (χ3v) is 4.87. The van der Waals surface area contributed by atoms with Crippen LogP contribution in [0.3, 0.4) is 0 Å². The summed E-state index contributed by atoms with van der Waals surface area (Å²) in [4.78, 5) is 2.56. The maximum atomic E-state index is 13.0. The number of hydrogen-bond acceptors (Lipinski definition) is 2. The lowest BCUT2D eigenvalue weighted by molar-refractivity contribution is 0.161. The lowest BCUT2D eigenvalue weighted by Crippen LogP contribution is -2.35. The van der Waals surface area contributed by atoms with Crippen molar-refractivity contribution >= 4 is 0 Å². The van der Waals surface area contributed by atoms with Gasteiger partial charge in [0, 0.05) is 31.9 Å². The minimum Gasteiger partial charge on any atom is -0.299 e. The molecule has 0 aliphatic carbocycles. The fourth-order valence-corrected chi connectivity index (χ4v) is 3.60. The molecule has 1 aliphatic rings. The average molecular weight is 315 g/mol. The number of hydrogen-bond donors (Lipinski definition) is 0. The van der Waals surface area contributed by atoms with Crippen LogP contribution in [-0.4, -0.2) is 27.8 Å². The molecule has 124 valence electrons. The summed E-state index contributed by atoms with van der Waals surface area (Å²) in [6.45, 7) is 5.44. The van der Waals surface area contributed by atoms with Crippen molar-refractivity contribution in [3.05, 3.63) is 53.1 Å². The molecule has 23 heavy (non-hydrogen) atoms. The highest BCUT2D eigenvalue weighted by molar-refractivity contribution is 5.16. The fraction of sp³-hybridized carbons (Fsp3) is 0.526. The summed E-state index contributed by atoms with van der Waals surface area (Å²) in [6.07, 6.45) is 6.95. The number of likely N-dealkylation sites (tertiary alicyclic amines) is 1. The first kappa shape index (κ1) is 16.2. The van der Waals surface area contributed by atoms with Gasteiger partial charge in [0.05, 0.1) is 5.69 Å². The molecule has 1 unspecified atom stereocenters. The number of halogens is 1. The van der Waals surface area contributed by atoms with E-state index in [4.69, 9.17) is 0 Å². The monoisotopic (exact) mass is 315 g/mol. The zero-order valence-electron chi connectivity index (χ0n) is 14.1. The molecule has 4 heteroatoms. The van der Waals surface area contributed by atoms with Gasteiger partial charge in [-0.25, -0.2) is 4.39 Å². The molecule has 0 amide bonds. The van der Waals surface area contributed by atoms with Crippen molar-refractivity contribution in [1.82, 2.24) is 14.7 Å². The first-order valence-corrected chi connectivity index (χ1v) is 8.56. The van der Waals surface area contributed by atoms with Crippen molar-refractivity contribution in [2.45, 2.75) is 39.2 Å². The molecule has 1 aromatic heterocycles. The van der Waals surface area contributed by atoms with Crippen LogP contribution in [-0.2, 0) is 20.0 Å². The highest BCUT2D eigenvalue weighted by atomic mass is 19.1. The molecule has 3 rings (SSSR count). The first-order valence-electron chi connectivity index (χ1n) is 8.56. The summed E-state index contributed by atoms with van der Waals surface area (Å²) < 4.78 is 14.9. The van der Waals surface area contributed by atoms with E-state index in [-0.39, 0.29) is 5.82 Å². The molecule has 0 N–H and O–H groups in total. The number of aryl methyl sites for hydroxylation is 3. The normalized spacial score (nSPS) is 19.2. The molecule has 2 aromatic rings. The zero-order valence-corrected chi connectivity index (χ0v) is 14.1. The third kappa shape index (κ3) is 4.41. The molecular formula is C19H26FN3. The molecule has 1 aromatic carbocycles. The molecule has 1 atom stereocenters. The zero-order chi connectivity index (χ0) is 16.2. The summed E-state index contributed by atoms with van der Waals surface area (Å²) in [5, 5.41) is 4.44. The summed E-state index contributed by atoms with van der Waals surface area (Å²) in [7, 11) is 1.98. The van der Waals surface area contributed by atoms with Crippen LogP contribution >= 0.6 is 0 Å². The molecule has 1 fully saturated rings. The van der Waals surface area contributed by atoms with Crippen molar-refractivity contribution in [2.75, 3.05) is 13.1 Å². The molecule has 0 radical (unpaired) electrons. The molecule has 1 aliphatic heterocycles. The van der Waals surface area contributed by atoms with E-state index in [0.29, 0.717) is 0 Å². The smallest absolute Gasteiger partial charge is 0.123 e. The SMILES string of the molecule is Cc1nn(C)cc1CN1CCCC(CCc2ccc(F)cc2)C1. The Morgan fingerprint density at radius 2 is 2.04 bits per heavy atom. The number of aromatic nitrogens is 2. The van der Waals surface area contributed by atoms with Gasteiger partial charge in [0.2, 0.25) is 0 Å². The Hall–Kier alpha value is -1.68. The summed E-state index contributed by atoms with van der Waals surface area (Å²) in [5.74, 6) is 0.593. The molecule has 3 nitrogen and oxygen atoms in total. The second kappa shape index (κ2) is 7.26. The van der Waals surface area contributed by atoms with Crippen molar-refractivity contribution in [1.29, 1.82) is 0 Å². The van der Waals surface area contributed by atoms with E-state index in [0.717, 1.165) is 31.1 Å². The lowest BCUT2D eigenvalue weighted by Gasteiger charge is -2.32. The number of nitrogens with zero attached hydrogens (tertiary/aromatic N) is 3. The van der Waals surface area contributed by atoms with Crippen LogP contribution in [0.15, 0.2) is 30.5 Å². The number of benzene rings is 1. The van der Waals surface area contributed by atoms with E-state index in [1.54, 1.807) is 12.1 Å². The largest absolute Gasteiger partial charge is 0.299 e. The Kier molecular flexibility index (Phi) is 5.11. The van der Waals surface area contributed by atoms with Gasteiger partial charge in [-0.2, -0.15) is 5.10 Å². The topological polar surface area (TPSA) is 21.1 Å².